The van der Waals surface area contributed by atoms with Gasteiger partial charge in [0.05, 0.1) is 4.90 Å². The molecule has 6 nitrogen and oxygen atoms in total. The summed E-state index contributed by atoms with van der Waals surface area (Å²) in [6, 6.07) is 5.48. The highest BCUT2D eigenvalue weighted by Gasteiger charge is 2.35. The van der Waals surface area contributed by atoms with Crippen molar-refractivity contribution < 1.29 is 13.2 Å². The quantitative estimate of drug-likeness (QED) is 0.870. The molecule has 1 N–H and O–H groups in total. The summed E-state index contributed by atoms with van der Waals surface area (Å²) in [5, 5.41) is 2.86. The van der Waals surface area contributed by atoms with E-state index in [1.165, 1.54) is 12.8 Å². The van der Waals surface area contributed by atoms with Gasteiger partial charge in [-0.2, -0.15) is 4.31 Å². The average molecular weight is 363 g/mol. The molecule has 1 aromatic rings. The first kappa shape index (κ1) is 17.0. The average Bonchev–Trinajstić information content (AvgIpc) is 2.81. The second kappa shape index (κ2) is 6.70. The maximum Gasteiger partial charge on any atom is 0.243 e. The number of piperazine rings is 1. The highest BCUT2D eigenvalue weighted by atomic mass is 32.2. The van der Waals surface area contributed by atoms with Crippen molar-refractivity contribution in [3.63, 3.8) is 0 Å². The number of aryl methyl sites for hydroxylation is 1. The normalized spacial score (nSPS) is 25.6. The minimum Gasteiger partial charge on any atom is -0.326 e. The van der Waals surface area contributed by atoms with E-state index in [1.807, 2.05) is 0 Å². The van der Waals surface area contributed by atoms with Gasteiger partial charge in [0.25, 0.3) is 0 Å². The Hall–Kier alpha value is -1.44. The van der Waals surface area contributed by atoms with Gasteiger partial charge in [-0.15, -0.1) is 0 Å². The fourth-order valence-electron chi connectivity index (χ4n) is 4.21. The van der Waals surface area contributed by atoms with Crippen molar-refractivity contribution in [2.75, 3.05) is 31.5 Å². The molecule has 2 saturated heterocycles. The van der Waals surface area contributed by atoms with E-state index in [0.29, 0.717) is 30.4 Å². The fraction of sp³-hybridized carbons (Fsp3) is 0.611. The van der Waals surface area contributed by atoms with Gasteiger partial charge in [0.15, 0.2) is 0 Å². The summed E-state index contributed by atoms with van der Waals surface area (Å²) >= 11 is 0. The van der Waals surface area contributed by atoms with Crippen LogP contribution in [-0.2, 0) is 21.2 Å². The summed E-state index contributed by atoms with van der Waals surface area (Å²) in [5.74, 6) is 0.00257. The molecule has 25 heavy (non-hydrogen) atoms. The number of carbonyl (C=O) groups excluding carboxylic acids is 1. The SMILES string of the molecule is O=C1CCCc2cc(S(=O)(=O)N3CCN4CCCC[C@H]4C3)ccc2N1. The van der Waals surface area contributed by atoms with Crippen LogP contribution in [0.2, 0.25) is 0 Å². The van der Waals surface area contributed by atoms with Crippen LogP contribution in [-0.4, -0.2) is 55.8 Å². The molecule has 0 bridgehead atoms. The van der Waals surface area contributed by atoms with Crippen LogP contribution in [0.1, 0.15) is 37.7 Å². The van der Waals surface area contributed by atoms with Gasteiger partial charge in [0, 0.05) is 37.8 Å². The Bertz CT molecular complexity index is 778. The topological polar surface area (TPSA) is 69.7 Å². The Kier molecular flexibility index (Phi) is 4.56. The third kappa shape index (κ3) is 3.32. The van der Waals surface area contributed by atoms with Crippen molar-refractivity contribution in [2.24, 2.45) is 0 Å². The molecule has 0 saturated carbocycles. The van der Waals surface area contributed by atoms with Crippen LogP contribution in [0.4, 0.5) is 5.69 Å². The second-order valence-electron chi connectivity index (χ2n) is 7.27. The number of hydrogen-bond acceptors (Lipinski definition) is 4. The van der Waals surface area contributed by atoms with E-state index >= 15 is 0 Å². The predicted octanol–water partition coefficient (Wildman–Crippen LogP) is 1.82. The second-order valence-corrected chi connectivity index (χ2v) is 9.21. The van der Waals surface area contributed by atoms with Crippen LogP contribution in [0, 0.1) is 0 Å². The lowest BCUT2D eigenvalue weighted by Gasteiger charge is -2.43. The monoisotopic (exact) mass is 363 g/mol. The maximum absolute atomic E-state index is 13.1. The van der Waals surface area contributed by atoms with E-state index in [4.69, 9.17) is 0 Å². The number of nitrogens with one attached hydrogen (secondary N) is 1. The Balaban J connectivity index is 1.58. The molecule has 136 valence electrons. The molecular formula is C18H25N3O3S. The molecule has 0 aromatic heterocycles. The number of fused-ring (bicyclic) bond motifs is 2. The van der Waals surface area contributed by atoms with Gasteiger partial charge in [0.2, 0.25) is 15.9 Å². The maximum atomic E-state index is 13.1. The molecule has 0 radical (unpaired) electrons. The van der Waals surface area contributed by atoms with Crippen molar-refractivity contribution in [1.29, 1.82) is 0 Å². The van der Waals surface area contributed by atoms with Crippen LogP contribution in [0.5, 0.6) is 0 Å². The lowest BCUT2D eigenvalue weighted by molar-refractivity contribution is -0.116. The minimum atomic E-state index is -3.48. The molecule has 4 rings (SSSR count). The van der Waals surface area contributed by atoms with E-state index in [-0.39, 0.29) is 5.91 Å². The number of anilines is 1. The lowest BCUT2D eigenvalue weighted by atomic mass is 10.0. The number of piperidine rings is 1. The van der Waals surface area contributed by atoms with Crippen LogP contribution in [0.3, 0.4) is 0 Å². The largest absolute Gasteiger partial charge is 0.326 e. The third-order valence-electron chi connectivity index (χ3n) is 5.64. The van der Waals surface area contributed by atoms with E-state index < -0.39 is 10.0 Å². The van der Waals surface area contributed by atoms with E-state index in [1.54, 1.807) is 22.5 Å². The number of carbonyl (C=O) groups is 1. The van der Waals surface area contributed by atoms with Crippen molar-refractivity contribution >= 4 is 21.6 Å². The molecule has 0 aliphatic carbocycles. The van der Waals surface area contributed by atoms with Gasteiger partial charge in [-0.05, 0) is 56.0 Å². The van der Waals surface area contributed by atoms with Gasteiger partial charge < -0.3 is 5.32 Å². The van der Waals surface area contributed by atoms with Gasteiger partial charge in [-0.3, -0.25) is 9.69 Å². The van der Waals surface area contributed by atoms with Gasteiger partial charge in [0.1, 0.15) is 0 Å². The molecule has 0 unspecified atom stereocenters. The van der Waals surface area contributed by atoms with E-state index in [9.17, 15) is 13.2 Å². The number of rotatable bonds is 2. The number of sulfonamides is 1. The number of hydrogen-bond donors (Lipinski definition) is 1. The van der Waals surface area contributed by atoms with Crippen molar-refractivity contribution in [2.45, 2.75) is 49.5 Å². The van der Waals surface area contributed by atoms with Crippen LogP contribution in [0.25, 0.3) is 0 Å². The Morgan fingerprint density at radius 2 is 1.92 bits per heavy atom. The van der Waals surface area contributed by atoms with Gasteiger partial charge in [-0.25, -0.2) is 8.42 Å². The van der Waals surface area contributed by atoms with Crippen LogP contribution in [0.15, 0.2) is 23.1 Å². The molecule has 2 fully saturated rings. The molecule has 1 atom stereocenters. The third-order valence-corrected chi connectivity index (χ3v) is 7.50. The van der Waals surface area contributed by atoms with Crippen molar-refractivity contribution in [1.82, 2.24) is 9.21 Å². The summed E-state index contributed by atoms with van der Waals surface area (Å²) in [6.07, 6.45) is 5.47. The number of benzene rings is 1. The summed E-state index contributed by atoms with van der Waals surface area (Å²) < 4.78 is 27.9. The van der Waals surface area contributed by atoms with Crippen molar-refractivity contribution in [3.05, 3.63) is 23.8 Å². The smallest absolute Gasteiger partial charge is 0.243 e. The Morgan fingerprint density at radius 3 is 2.80 bits per heavy atom. The molecular weight excluding hydrogens is 338 g/mol. The number of amides is 1. The van der Waals surface area contributed by atoms with Crippen molar-refractivity contribution in [3.8, 4) is 0 Å². The highest BCUT2D eigenvalue weighted by molar-refractivity contribution is 7.89. The van der Waals surface area contributed by atoms with Gasteiger partial charge in [-0.1, -0.05) is 6.42 Å². The minimum absolute atomic E-state index is 0.00257. The summed E-state index contributed by atoms with van der Waals surface area (Å²) in [7, 11) is -3.48. The Morgan fingerprint density at radius 1 is 1.04 bits per heavy atom. The van der Waals surface area contributed by atoms with Crippen LogP contribution < -0.4 is 5.32 Å². The van der Waals surface area contributed by atoms with E-state index in [0.717, 1.165) is 43.6 Å². The summed E-state index contributed by atoms with van der Waals surface area (Å²) in [4.78, 5) is 14.5. The first-order valence-corrected chi connectivity index (χ1v) is 10.6. The lowest BCUT2D eigenvalue weighted by Crippen LogP contribution is -2.56. The first-order chi connectivity index (χ1) is 12.0. The zero-order valence-corrected chi connectivity index (χ0v) is 15.2. The van der Waals surface area contributed by atoms with Gasteiger partial charge >= 0.3 is 0 Å². The molecule has 3 aliphatic heterocycles. The fourth-order valence-corrected chi connectivity index (χ4v) is 5.73. The first-order valence-electron chi connectivity index (χ1n) is 9.21. The molecule has 3 aliphatic rings. The standard InChI is InChI=1S/C18H25N3O3S/c22-18-6-3-4-14-12-16(7-8-17(14)19-18)25(23,24)21-11-10-20-9-2-1-5-15(20)13-21/h7-8,12,15H,1-6,9-11,13H2,(H,19,22)/t15-/m0/s1. The molecule has 1 amide bonds. The Labute approximate surface area is 149 Å². The highest BCUT2D eigenvalue weighted by Crippen LogP contribution is 2.29. The molecule has 0 spiro atoms. The van der Waals surface area contributed by atoms with Crippen LogP contribution >= 0.6 is 0 Å². The number of nitrogens with zero attached hydrogens (tertiary/aromatic N) is 2. The zero-order valence-electron chi connectivity index (χ0n) is 14.4. The summed E-state index contributed by atoms with van der Waals surface area (Å²) in [5.41, 5.74) is 1.67. The predicted molar refractivity (Wildman–Crippen MR) is 96.0 cm³/mol. The van der Waals surface area contributed by atoms with E-state index in [2.05, 4.69) is 10.2 Å². The molecule has 7 heteroatoms. The zero-order chi connectivity index (χ0) is 17.4. The summed E-state index contributed by atoms with van der Waals surface area (Å²) in [6.45, 7) is 3.07. The molecule has 1 aromatic carbocycles. The molecule has 3 heterocycles.